The molecular formula is C15H21BrClN3O2. The van der Waals surface area contributed by atoms with E-state index in [0.717, 1.165) is 10.2 Å². The van der Waals surface area contributed by atoms with Crippen LogP contribution in [0.15, 0.2) is 28.7 Å². The van der Waals surface area contributed by atoms with Gasteiger partial charge in [-0.15, -0.1) is 12.4 Å². The summed E-state index contributed by atoms with van der Waals surface area (Å²) >= 11 is 3.42. The molecule has 2 amide bonds. The minimum absolute atomic E-state index is 0. The summed E-state index contributed by atoms with van der Waals surface area (Å²) in [4.78, 5) is 25.9. The Balaban J connectivity index is 0.00000242. The molecule has 1 aliphatic rings. The highest BCUT2D eigenvalue weighted by Crippen LogP contribution is 2.24. The summed E-state index contributed by atoms with van der Waals surface area (Å²) in [6.07, 6.45) is 1.43. The average Bonchev–Trinajstić information content (AvgIpc) is 2.50. The van der Waals surface area contributed by atoms with E-state index >= 15 is 0 Å². The predicted octanol–water partition coefficient (Wildman–Crippen LogP) is 2.27. The van der Waals surface area contributed by atoms with Crippen LogP contribution >= 0.6 is 28.3 Å². The molecule has 0 spiro atoms. The van der Waals surface area contributed by atoms with Crippen molar-refractivity contribution in [3.8, 4) is 0 Å². The number of hydrogen-bond donors (Lipinski definition) is 2. The van der Waals surface area contributed by atoms with Crippen molar-refractivity contribution in [2.24, 2.45) is 5.92 Å². The van der Waals surface area contributed by atoms with E-state index < -0.39 is 0 Å². The van der Waals surface area contributed by atoms with E-state index in [1.807, 2.05) is 29.2 Å². The molecule has 22 heavy (non-hydrogen) atoms. The zero-order valence-corrected chi connectivity index (χ0v) is 14.9. The van der Waals surface area contributed by atoms with Gasteiger partial charge in [-0.05, 0) is 48.0 Å². The summed E-state index contributed by atoms with van der Waals surface area (Å²) in [7, 11) is 1.76. The van der Waals surface area contributed by atoms with Gasteiger partial charge in [0.2, 0.25) is 11.8 Å². The lowest BCUT2D eigenvalue weighted by atomic mass is 9.95. The van der Waals surface area contributed by atoms with Gasteiger partial charge in [0.1, 0.15) is 0 Å². The molecule has 5 nitrogen and oxygen atoms in total. The van der Waals surface area contributed by atoms with Crippen LogP contribution in [0.25, 0.3) is 0 Å². The molecule has 1 aromatic rings. The second-order valence-electron chi connectivity index (χ2n) is 5.15. The maximum atomic E-state index is 12.3. The standard InChI is InChI=1S/C15H20BrN3O2.ClH/c1-17-10-14(20)19-8-6-11(7-9-19)15(21)18-13-5-3-2-4-12(13)16;/h2-5,11,17H,6-10H2,1H3,(H,18,21);1H. The molecule has 0 radical (unpaired) electrons. The van der Waals surface area contributed by atoms with Crippen LogP contribution in [0.5, 0.6) is 0 Å². The van der Waals surface area contributed by atoms with Gasteiger partial charge in [-0.2, -0.15) is 0 Å². The lowest BCUT2D eigenvalue weighted by molar-refractivity contribution is -0.133. The fraction of sp³-hybridized carbons (Fsp3) is 0.467. The molecule has 122 valence electrons. The fourth-order valence-electron chi connectivity index (χ4n) is 2.45. The van der Waals surface area contributed by atoms with Crippen LogP contribution in [0.2, 0.25) is 0 Å². The number of amides is 2. The first kappa shape index (κ1) is 18.9. The third-order valence-electron chi connectivity index (χ3n) is 3.68. The molecule has 0 aromatic heterocycles. The average molecular weight is 391 g/mol. The first-order valence-corrected chi connectivity index (χ1v) is 7.89. The van der Waals surface area contributed by atoms with Crippen molar-refractivity contribution < 1.29 is 9.59 Å². The largest absolute Gasteiger partial charge is 0.342 e. The van der Waals surface area contributed by atoms with E-state index in [1.165, 1.54) is 0 Å². The number of para-hydroxylation sites is 1. The summed E-state index contributed by atoms with van der Waals surface area (Å²) in [5, 5.41) is 5.81. The van der Waals surface area contributed by atoms with Crippen LogP contribution in [-0.4, -0.2) is 43.4 Å². The summed E-state index contributed by atoms with van der Waals surface area (Å²) in [6, 6.07) is 7.56. The topological polar surface area (TPSA) is 61.4 Å². The van der Waals surface area contributed by atoms with Gasteiger partial charge in [0.15, 0.2) is 0 Å². The summed E-state index contributed by atoms with van der Waals surface area (Å²) in [5.41, 5.74) is 0.788. The van der Waals surface area contributed by atoms with Crippen molar-refractivity contribution in [3.63, 3.8) is 0 Å². The van der Waals surface area contributed by atoms with Crippen molar-refractivity contribution in [3.05, 3.63) is 28.7 Å². The number of carbonyl (C=O) groups is 2. The summed E-state index contributed by atoms with van der Waals surface area (Å²) < 4.78 is 0.875. The van der Waals surface area contributed by atoms with E-state index in [1.54, 1.807) is 7.05 Å². The molecule has 0 atom stereocenters. The summed E-state index contributed by atoms with van der Waals surface area (Å²) in [6.45, 7) is 1.65. The SMILES string of the molecule is CNCC(=O)N1CCC(C(=O)Nc2ccccc2Br)CC1.Cl. The number of nitrogens with one attached hydrogen (secondary N) is 2. The van der Waals surface area contributed by atoms with Gasteiger partial charge < -0.3 is 15.5 Å². The molecule has 1 saturated heterocycles. The van der Waals surface area contributed by atoms with Crippen molar-refractivity contribution in [2.75, 3.05) is 32.0 Å². The lowest BCUT2D eigenvalue weighted by Crippen LogP contribution is -2.44. The van der Waals surface area contributed by atoms with E-state index in [2.05, 4.69) is 26.6 Å². The monoisotopic (exact) mass is 389 g/mol. The number of benzene rings is 1. The van der Waals surface area contributed by atoms with Crippen LogP contribution in [0, 0.1) is 5.92 Å². The van der Waals surface area contributed by atoms with E-state index in [-0.39, 0.29) is 30.1 Å². The van der Waals surface area contributed by atoms with Crippen molar-refractivity contribution >= 4 is 45.8 Å². The molecule has 1 heterocycles. The van der Waals surface area contributed by atoms with Crippen LogP contribution in [-0.2, 0) is 9.59 Å². The van der Waals surface area contributed by atoms with Gasteiger partial charge in [-0.1, -0.05) is 12.1 Å². The first-order valence-electron chi connectivity index (χ1n) is 7.09. The smallest absolute Gasteiger partial charge is 0.236 e. The molecule has 2 rings (SSSR count). The Kier molecular flexibility index (Phi) is 7.85. The van der Waals surface area contributed by atoms with Crippen molar-refractivity contribution in [1.29, 1.82) is 0 Å². The van der Waals surface area contributed by atoms with Gasteiger partial charge >= 0.3 is 0 Å². The lowest BCUT2D eigenvalue weighted by Gasteiger charge is -2.31. The number of nitrogens with zero attached hydrogens (tertiary/aromatic N) is 1. The van der Waals surface area contributed by atoms with Crippen LogP contribution in [0.4, 0.5) is 5.69 Å². The molecule has 0 aliphatic carbocycles. The number of rotatable bonds is 4. The van der Waals surface area contributed by atoms with Gasteiger partial charge in [0.25, 0.3) is 0 Å². The Labute approximate surface area is 145 Å². The maximum Gasteiger partial charge on any atom is 0.236 e. The second kappa shape index (κ2) is 9.12. The molecule has 0 bridgehead atoms. The maximum absolute atomic E-state index is 12.3. The molecule has 7 heteroatoms. The number of likely N-dealkylation sites (tertiary alicyclic amines) is 1. The first-order chi connectivity index (χ1) is 10.1. The zero-order chi connectivity index (χ0) is 15.2. The Morgan fingerprint density at radius 3 is 2.50 bits per heavy atom. The molecule has 0 unspecified atom stereocenters. The van der Waals surface area contributed by atoms with Gasteiger partial charge in [0, 0.05) is 23.5 Å². The van der Waals surface area contributed by atoms with Gasteiger partial charge in [-0.25, -0.2) is 0 Å². The van der Waals surface area contributed by atoms with Crippen LogP contribution < -0.4 is 10.6 Å². The van der Waals surface area contributed by atoms with Crippen LogP contribution in [0.1, 0.15) is 12.8 Å². The zero-order valence-electron chi connectivity index (χ0n) is 12.5. The van der Waals surface area contributed by atoms with E-state index in [0.29, 0.717) is 32.5 Å². The molecule has 0 saturated carbocycles. The number of halogens is 2. The fourth-order valence-corrected chi connectivity index (χ4v) is 2.84. The van der Waals surface area contributed by atoms with E-state index in [4.69, 9.17) is 0 Å². The highest BCUT2D eigenvalue weighted by Gasteiger charge is 2.27. The Bertz CT molecular complexity index is 519. The Hall–Kier alpha value is -1.11. The number of likely N-dealkylation sites (N-methyl/N-ethyl adjacent to an activating group) is 1. The number of anilines is 1. The normalized spacial score (nSPS) is 15.1. The third-order valence-corrected chi connectivity index (χ3v) is 4.37. The molecule has 1 fully saturated rings. The minimum atomic E-state index is -0.0317. The highest BCUT2D eigenvalue weighted by atomic mass is 79.9. The van der Waals surface area contributed by atoms with Gasteiger partial charge in [0.05, 0.1) is 12.2 Å². The molecule has 1 aliphatic heterocycles. The number of hydrogen-bond acceptors (Lipinski definition) is 3. The number of piperidine rings is 1. The van der Waals surface area contributed by atoms with Gasteiger partial charge in [-0.3, -0.25) is 9.59 Å². The summed E-state index contributed by atoms with van der Waals surface area (Å²) in [5.74, 6) is 0.0977. The second-order valence-corrected chi connectivity index (χ2v) is 6.01. The predicted molar refractivity (Wildman–Crippen MR) is 93.3 cm³/mol. The quantitative estimate of drug-likeness (QED) is 0.829. The van der Waals surface area contributed by atoms with Crippen molar-refractivity contribution in [1.82, 2.24) is 10.2 Å². The van der Waals surface area contributed by atoms with Crippen molar-refractivity contribution in [2.45, 2.75) is 12.8 Å². The third kappa shape index (κ3) is 4.97. The molecule has 1 aromatic carbocycles. The Morgan fingerprint density at radius 2 is 1.91 bits per heavy atom. The minimum Gasteiger partial charge on any atom is -0.342 e. The molecular weight excluding hydrogens is 370 g/mol. The van der Waals surface area contributed by atoms with Crippen LogP contribution in [0.3, 0.4) is 0 Å². The number of carbonyl (C=O) groups excluding carboxylic acids is 2. The van der Waals surface area contributed by atoms with E-state index in [9.17, 15) is 9.59 Å². The molecule has 2 N–H and O–H groups in total. The Morgan fingerprint density at radius 1 is 1.27 bits per heavy atom. The highest BCUT2D eigenvalue weighted by molar-refractivity contribution is 9.10.